The van der Waals surface area contributed by atoms with Gasteiger partial charge < -0.3 is 9.84 Å². The molecule has 0 bridgehead atoms. The van der Waals surface area contributed by atoms with E-state index in [4.69, 9.17) is 4.74 Å². The molecule has 1 aliphatic rings. The smallest absolute Gasteiger partial charge is 0.162 e. The topological polar surface area (TPSA) is 32.7 Å². The highest BCUT2D eigenvalue weighted by molar-refractivity contribution is 5.45. The number of benzene rings is 1. The third kappa shape index (κ3) is 3.45. The van der Waals surface area contributed by atoms with Gasteiger partial charge >= 0.3 is 0 Å². The first-order chi connectivity index (χ1) is 9.41. The fourth-order valence-electron chi connectivity index (χ4n) is 3.06. The van der Waals surface area contributed by atoms with Crippen LogP contribution in [-0.2, 0) is 6.54 Å². The molecule has 0 aromatic heterocycles. The largest absolute Gasteiger partial charge is 0.504 e. The van der Waals surface area contributed by atoms with Gasteiger partial charge in [0.15, 0.2) is 11.5 Å². The van der Waals surface area contributed by atoms with E-state index < -0.39 is 0 Å². The lowest BCUT2D eigenvalue weighted by Crippen LogP contribution is -2.37. The average Bonchev–Trinajstić information content (AvgIpc) is 2.41. The third-order valence-electron chi connectivity index (χ3n) is 4.51. The summed E-state index contributed by atoms with van der Waals surface area (Å²) in [5.41, 5.74) is 1.36. The molecule has 1 aromatic carbocycles. The highest BCUT2D eigenvalue weighted by Gasteiger charge is 2.28. The van der Waals surface area contributed by atoms with Crippen molar-refractivity contribution in [1.82, 2.24) is 4.90 Å². The Morgan fingerprint density at radius 1 is 1.25 bits per heavy atom. The Labute approximate surface area is 122 Å². The second-order valence-corrected chi connectivity index (χ2v) is 6.88. The zero-order valence-electron chi connectivity index (χ0n) is 13.1. The molecule has 0 amide bonds. The van der Waals surface area contributed by atoms with Crippen LogP contribution in [0.3, 0.4) is 0 Å². The number of nitrogens with zero attached hydrogens (tertiary/aromatic N) is 1. The number of para-hydroxylation sites is 1. The lowest BCUT2D eigenvalue weighted by Gasteiger charge is -2.38. The molecular formula is C17H27NO2. The Morgan fingerprint density at radius 2 is 1.90 bits per heavy atom. The minimum atomic E-state index is 0.285. The van der Waals surface area contributed by atoms with E-state index in [1.807, 2.05) is 12.1 Å². The van der Waals surface area contributed by atoms with E-state index in [2.05, 4.69) is 25.7 Å². The van der Waals surface area contributed by atoms with Crippen molar-refractivity contribution in [2.75, 3.05) is 20.2 Å². The maximum absolute atomic E-state index is 10.1. The summed E-state index contributed by atoms with van der Waals surface area (Å²) in [5, 5.41) is 10.1. The standard InChI is InChI=1S/C17H27NO2/c1-17(2,3)14-8-10-18(11-9-14)12-13-6-5-7-15(20-4)16(13)19/h5-7,14,19H,8-12H2,1-4H3. The second-order valence-electron chi connectivity index (χ2n) is 6.88. The number of phenolic OH excluding ortho intramolecular Hbond substituents is 1. The normalized spacial score (nSPS) is 18.2. The molecule has 1 aromatic rings. The second kappa shape index (κ2) is 6.04. The molecule has 1 fully saturated rings. The van der Waals surface area contributed by atoms with Gasteiger partial charge in [0.2, 0.25) is 0 Å². The molecule has 20 heavy (non-hydrogen) atoms. The predicted molar refractivity (Wildman–Crippen MR) is 82.1 cm³/mol. The van der Waals surface area contributed by atoms with Crippen molar-refractivity contribution in [3.05, 3.63) is 23.8 Å². The Morgan fingerprint density at radius 3 is 2.45 bits per heavy atom. The van der Waals surface area contributed by atoms with Gasteiger partial charge in [0.1, 0.15) is 0 Å². The van der Waals surface area contributed by atoms with Crippen molar-refractivity contribution >= 4 is 0 Å². The number of phenols is 1. The van der Waals surface area contributed by atoms with Crippen LogP contribution < -0.4 is 4.74 Å². The Balaban J connectivity index is 1.96. The van der Waals surface area contributed by atoms with Crippen LogP contribution in [-0.4, -0.2) is 30.2 Å². The van der Waals surface area contributed by atoms with Crippen LogP contribution in [0.4, 0.5) is 0 Å². The Bertz CT molecular complexity index is 443. The van der Waals surface area contributed by atoms with Crippen LogP contribution in [0.25, 0.3) is 0 Å². The third-order valence-corrected chi connectivity index (χ3v) is 4.51. The number of hydrogen-bond donors (Lipinski definition) is 1. The predicted octanol–water partition coefficient (Wildman–Crippen LogP) is 3.66. The van der Waals surface area contributed by atoms with Crippen molar-refractivity contribution in [2.24, 2.45) is 11.3 Å². The van der Waals surface area contributed by atoms with E-state index in [0.29, 0.717) is 11.2 Å². The lowest BCUT2D eigenvalue weighted by molar-refractivity contribution is 0.107. The number of piperidine rings is 1. The minimum absolute atomic E-state index is 0.285. The number of ether oxygens (including phenoxy) is 1. The molecule has 0 unspecified atom stereocenters. The van der Waals surface area contributed by atoms with Crippen LogP contribution in [0.15, 0.2) is 18.2 Å². The number of aromatic hydroxyl groups is 1. The summed E-state index contributed by atoms with van der Waals surface area (Å²) < 4.78 is 5.17. The molecule has 0 aliphatic carbocycles. The van der Waals surface area contributed by atoms with Gasteiger partial charge in [-0.25, -0.2) is 0 Å². The van der Waals surface area contributed by atoms with Crippen LogP contribution in [0.2, 0.25) is 0 Å². The zero-order chi connectivity index (χ0) is 14.8. The molecule has 0 saturated carbocycles. The van der Waals surface area contributed by atoms with Gasteiger partial charge in [-0.1, -0.05) is 32.9 Å². The van der Waals surface area contributed by atoms with Crippen LogP contribution in [0.5, 0.6) is 11.5 Å². The highest BCUT2D eigenvalue weighted by atomic mass is 16.5. The summed E-state index contributed by atoms with van der Waals surface area (Å²) in [5.74, 6) is 1.65. The summed E-state index contributed by atoms with van der Waals surface area (Å²) in [6.07, 6.45) is 2.49. The van der Waals surface area contributed by atoms with Gasteiger partial charge in [0.25, 0.3) is 0 Å². The van der Waals surface area contributed by atoms with Gasteiger partial charge in [-0.15, -0.1) is 0 Å². The van der Waals surface area contributed by atoms with Gasteiger partial charge in [0.05, 0.1) is 7.11 Å². The maximum atomic E-state index is 10.1. The van der Waals surface area contributed by atoms with Crippen LogP contribution in [0, 0.1) is 11.3 Å². The first-order valence-electron chi connectivity index (χ1n) is 7.49. The van der Waals surface area contributed by atoms with Gasteiger partial charge in [-0.3, -0.25) is 4.90 Å². The molecule has 112 valence electrons. The van der Waals surface area contributed by atoms with E-state index >= 15 is 0 Å². The summed E-state index contributed by atoms with van der Waals surface area (Å²) in [4.78, 5) is 2.43. The van der Waals surface area contributed by atoms with E-state index in [0.717, 1.165) is 31.1 Å². The van der Waals surface area contributed by atoms with Crippen LogP contribution in [0.1, 0.15) is 39.2 Å². The summed E-state index contributed by atoms with van der Waals surface area (Å²) in [6, 6.07) is 5.72. The minimum Gasteiger partial charge on any atom is -0.504 e. The van der Waals surface area contributed by atoms with E-state index in [-0.39, 0.29) is 5.75 Å². The van der Waals surface area contributed by atoms with Crippen molar-refractivity contribution in [3.63, 3.8) is 0 Å². The monoisotopic (exact) mass is 277 g/mol. The zero-order valence-corrected chi connectivity index (χ0v) is 13.1. The van der Waals surface area contributed by atoms with Gasteiger partial charge in [0, 0.05) is 12.1 Å². The summed E-state index contributed by atoms with van der Waals surface area (Å²) in [7, 11) is 1.59. The molecule has 1 heterocycles. The lowest BCUT2D eigenvalue weighted by atomic mass is 9.75. The van der Waals surface area contributed by atoms with Gasteiger partial charge in [-0.2, -0.15) is 0 Å². The van der Waals surface area contributed by atoms with Crippen molar-refractivity contribution in [3.8, 4) is 11.5 Å². The SMILES string of the molecule is COc1cccc(CN2CCC(C(C)(C)C)CC2)c1O. The van der Waals surface area contributed by atoms with E-state index in [1.165, 1.54) is 12.8 Å². The van der Waals surface area contributed by atoms with E-state index in [9.17, 15) is 5.11 Å². The molecule has 3 heteroatoms. The van der Waals surface area contributed by atoms with Crippen molar-refractivity contribution in [1.29, 1.82) is 0 Å². The van der Waals surface area contributed by atoms with Crippen molar-refractivity contribution in [2.45, 2.75) is 40.2 Å². The number of methoxy groups -OCH3 is 1. The van der Waals surface area contributed by atoms with Crippen LogP contribution >= 0.6 is 0 Å². The molecule has 2 rings (SSSR count). The molecule has 1 N–H and O–H groups in total. The molecule has 1 saturated heterocycles. The molecule has 3 nitrogen and oxygen atoms in total. The average molecular weight is 277 g/mol. The molecule has 0 atom stereocenters. The van der Waals surface area contributed by atoms with E-state index in [1.54, 1.807) is 13.2 Å². The maximum Gasteiger partial charge on any atom is 0.162 e. The molecular weight excluding hydrogens is 250 g/mol. The molecule has 0 spiro atoms. The Hall–Kier alpha value is -1.22. The quantitative estimate of drug-likeness (QED) is 0.915. The Kier molecular flexibility index (Phi) is 4.59. The number of likely N-dealkylation sites (tertiary alicyclic amines) is 1. The first kappa shape index (κ1) is 15.2. The van der Waals surface area contributed by atoms with Gasteiger partial charge in [-0.05, 0) is 43.3 Å². The fourth-order valence-corrected chi connectivity index (χ4v) is 3.06. The number of rotatable bonds is 3. The summed E-state index contributed by atoms with van der Waals surface area (Å²) in [6.45, 7) is 10.0. The fraction of sp³-hybridized carbons (Fsp3) is 0.647. The molecule has 1 aliphatic heterocycles. The molecule has 0 radical (unpaired) electrons. The van der Waals surface area contributed by atoms with Crippen molar-refractivity contribution < 1.29 is 9.84 Å². The highest BCUT2D eigenvalue weighted by Crippen LogP contribution is 2.36. The number of hydrogen-bond acceptors (Lipinski definition) is 3. The first-order valence-corrected chi connectivity index (χ1v) is 7.49. The summed E-state index contributed by atoms with van der Waals surface area (Å²) >= 11 is 0.